The summed E-state index contributed by atoms with van der Waals surface area (Å²) in [5.41, 5.74) is 8.01. The molecule has 0 aromatic heterocycles. The molecule has 2 atom stereocenters. The van der Waals surface area contributed by atoms with Gasteiger partial charge in [-0.05, 0) is 41.8 Å². The molecule has 1 amide bonds. The van der Waals surface area contributed by atoms with Gasteiger partial charge in [-0.1, -0.05) is 24.3 Å². The van der Waals surface area contributed by atoms with Crippen molar-refractivity contribution in [2.45, 2.75) is 25.0 Å². The average molecular weight is 329 g/mol. The van der Waals surface area contributed by atoms with Crippen molar-refractivity contribution < 1.29 is 13.9 Å². The number of hydrogen-bond donors (Lipinski definition) is 3. The lowest BCUT2D eigenvalue weighted by Crippen LogP contribution is -2.42. The number of ether oxygens (including phenoxy) is 1. The molecular weight excluding hydrogens is 309 g/mol. The van der Waals surface area contributed by atoms with Crippen LogP contribution in [0.15, 0.2) is 48.5 Å². The van der Waals surface area contributed by atoms with E-state index in [1.165, 1.54) is 12.1 Å². The number of halogens is 1. The van der Waals surface area contributed by atoms with Crippen LogP contribution in [0.4, 0.5) is 4.39 Å². The molecule has 126 valence electrons. The Morgan fingerprint density at radius 3 is 2.79 bits per heavy atom. The third-order valence-electron chi connectivity index (χ3n) is 4.09. The molecule has 0 spiro atoms. The van der Waals surface area contributed by atoms with Crippen LogP contribution in [0, 0.1) is 5.82 Å². The molecular formula is C18H20FN3O2. The second kappa shape index (κ2) is 7.42. The highest BCUT2D eigenvalue weighted by Gasteiger charge is 2.29. The number of carbonyl (C=O) groups excluding carboxylic acids is 1. The van der Waals surface area contributed by atoms with Gasteiger partial charge in [-0.2, -0.15) is 0 Å². The number of amides is 1. The number of carbonyl (C=O) groups is 1. The maximum Gasteiger partial charge on any atom is 0.238 e. The van der Waals surface area contributed by atoms with E-state index in [2.05, 4.69) is 16.2 Å². The van der Waals surface area contributed by atoms with Gasteiger partial charge < -0.3 is 10.1 Å². The Balaban J connectivity index is 1.53. The van der Waals surface area contributed by atoms with Crippen LogP contribution in [0.3, 0.4) is 0 Å². The molecule has 0 radical (unpaired) electrons. The van der Waals surface area contributed by atoms with E-state index in [1.807, 2.05) is 24.3 Å². The molecule has 1 fully saturated rings. The highest BCUT2D eigenvalue weighted by molar-refractivity contribution is 5.82. The van der Waals surface area contributed by atoms with E-state index in [0.717, 1.165) is 16.9 Å². The Labute approximate surface area is 140 Å². The smallest absolute Gasteiger partial charge is 0.238 e. The molecule has 0 saturated carbocycles. The molecule has 2 aromatic carbocycles. The Morgan fingerprint density at radius 2 is 2.04 bits per heavy atom. The van der Waals surface area contributed by atoms with Crippen molar-refractivity contribution in [3.05, 3.63) is 65.5 Å². The summed E-state index contributed by atoms with van der Waals surface area (Å²) < 4.78 is 18.2. The van der Waals surface area contributed by atoms with Crippen molar-refractivity contribution in [2.75, 3.05) is 7.11 Å². The Morgan fingerprint density at radius 1 is 1.25 bits per heavy atom. The summed E-state index contributed by atoms with van der Waals surface area (Å²) in [6.07, 6.45) is 0.607. The third kappa shape index (κ3) is 3.90. The fourth-order valence-electron chi connectivity index (χ4n) is 2.74. The van der Waals surface area contributed by atoms with Gasteiger partial charge in [-0.3, -0.25) is 4.79 Å². The van der Waals surface area contributed by atoms with Gasteiger partial charge in [0.05, 0.1) is 7.11 Å². The summed E-state index contributed by atoms with van der Waals surface area (Å²) in [6.45, 7) is 0.440. The fourth-order valence-corrected chi connectivity index (χ4v) is 2.74. The van der Waals surface area contributed by atoms with E-state index in [1.54, 1.807) is 19.2 Å². The third-order valence-corrected chi connectivity index (χ3v) is 4.09. The lowest BCUT2D eigenvalue weighted by atomic mass is 10.0. The van der Waals surface area contributed by atoms with Crippen molar-refractivity contribution >= 4 is 5.91 Å². The van der Waals surface area contributed by atoms with Gasteiger partial charge in [0.1, 0.15) is 17.6 Å². The molecule has 2 unspecified atom stereocenters. The maximum atomic E-state index is 13.0. The minimum Gasteiger partial charge on any atom is -0.497 e. The molecule has 24 heavy (non-hydrogen) atoms. The molecule has 2 aromatic rings. The van der Waals surface area contributed by atoms with Crippen LogP contribution in [0.25, 0.3) is 0 Å². The molecule has 5 nitrogen and oxygen atoms in total. The molecule has 1 saturated heterocycles. The summed E-state index contributed by atoms with van der Waals surface area (Å²) in [7, 11) is 1.61. The van der Waals surface area contributed by atoms with Crippen LogP contribution in [0.5, 0.6) is 5.75 Å². The lowest BCUT2D eigenvalue weighted by Gasteiger charge is -2.11. The molecule has 3 N–H and O–H groups in total. The predicted molar refractivity (Wildman–Crippen MR) is 88.7 cm³/mol. The van der Waals surface area contributed by atoms with Gasteiger partial charge in [-0.25, -0.2) is 15.2 Å². The van der Waals surface area contributed by atoms with Crippen LogP contribution < -0.4 is 20.9 Å². The number of benzene rings is 2. The molecule has 0 aliphatic carbocycles. The second-order valence-corrected chi connectivity index (χ2v) is 5.75. The summed E-state index contributed by atoms with van der Waals surface area (Å²) in [6, 6.07) is 13.5. The van der Waals surface area contributed by atoms with E-state index in [9.17, 15) is 9.18 Å². The zero-order chi connectivity index (χ0) is 16.9. The van der Waals surface area contributed by atoms with E-state index in [4.69, 9.17) is 4.74 Å². The zero-order valence-electron chi connectivity index (χ0n) is 13.4. The highest BCUT2D eigenvalue weighted by atomic mass is 19.1. The van der Waals surface area contributed by atoms with Gasteiger partial charge in [-0.15, -0.1) is 0 Å². The maximum absolute atomic E-state index is 13.0. The van der Waals surface area contributed by atoms with E-state index < -0.39 is 0 Å². The van der Waals surface area contributed by atoms with Crippen LogP contribution in [-0.2, 0) is 11.3 Å². The van der Waals surface area contributed by atoms with Crippen molar-refractivity contribution in [2.24, 2.45) is 0 Å². The Kier molecular flexibility index (Phi) is 5.08. The standard InChI is InChI=1S/C18H20FN3O2/c1-24-15-4-2-3-12(9-15)11-20-18(23)17-10-16(21-22-17)13-5-7-14(19)8-6-13/h2-9,16-17,21-22H,10-11H2,1H3,(H,20,23). The number of nitrogens with one attached hydrogen (secondary N) is 3. The van der Waals surface area contributed by atoms with Gasteiger partial charge in [0.25, 0.3) is 0 Å². The van der Waals surface area contributed by atoms with Crippen LogP contribution in [0.1, 0.15) is 23.6 Å². The first kappa shape index (κ1) is 16.4. The molecule has 6 heteroatoms. The van der Waals surface area contributed by atoms with Crippen LogP contribution >= 0.6 is 0 Å². The zero-order valence-corrected chi connectivity index (χ0v) is 13.4. The summed E-state index contributed by atoms with van der Waals surface area (Å²) in [5, 5.41) is 2.92. The first-order valence-corrected chi connectivity index (χ1v) is 7.83. The second-order valence-electron chi connectivity index (χ2n) is 5.75. The molecule has 0 bridgehead atoms. The monoisotopic (exact) mass is 329 g/mol. The molecule has 1 aliphatic rings. The largest absolute Gasteiger partial charge is 0.497 e. The number of hydrazine groups is 1. The van der Waals surface area contributed by atoms with E-state index >= 15 is 0 Å². The van der Waals surface area contributed by atoms with Gasteiger partial charge in [0.2, 0.25) is 5.91 Å². The first-order valence-electron chi connectivity index (χ1n) is 7.83. The van der Waals surface area contributed by atoms with Crippen molar-refractivity contribution in [1.82, 2.24) is 16.2 Å². The minimum absolute atomic E-state index is 0.0156. The van der Waals surface area contributed by atoms with Crippen molar-refractivity contribution in [1.29, 1.82) is 0 Å². The van der Waals surface area contributed by atoms with Crippen molar-refractivity contribution in [3.8, 4) is 5.75 Å². The van der Waals surface area contributed by atoms with Gasteiger partial charge >= 0.3 is 0 Å². The van der Waals surface area contributed by atoms with E-state index in [-0.39, 0.29) is 23.8 Å². The first-order chi connectivity index (χ1) is 11.7. The Hall–Kier alpha value is -2.44. The summed E-state index contributed by atoms with van der Waals surface area (Å²) >= 11 is 0. The minimum atomic E-state index is -0.328. The summed E-state index contributed by atoms with van der Waals surface area (Å²) in [5.74, 6) is 0.422. The number of methoxy groups -OCH3 is 1. The van der Waals surface area contributed by atoms with Gasteiger partial charge in [0, 0.05) is 12.6 Å². The van der Waals surface area contributed by atoms with Crippen LogP contribution in [0.2, 0.25) is 0 Å². The lowest BCUT2D eigenvalue weighted by molar-refractivity contribution is -0.123. The average Bonchev–Trinajstić information content (AvgIpc) is 3.10. The Bertz CT molecular complexity index is 706. The van der Waals surface area contributed by atoms with Crippen LogP contribution in [-0.4, -0.2) is 19.1 Å². The molecule has 3 rings (SSSR count). The van der Waals surface area contributed by atoms with Crippen molar-refractivity contribution in [3.63, 3.8) is 0 Å². The number of rotatable bonds is 5. The molecule has 1 heterocycles. The SMILES string of the molecule is COc1cccc(CNC(=O)C2CC(c3ccc(F)cc3)NN2)c1. The van der Waals surface area contributed by atoms with Gasteiger partial charge in [0.15, 0.2) is 0 Å². The highest BCUT2D eigenvalue weighted by Crippen LogP contribution is 2.22. The van der Waals surface area contributed by atoms with E-state index in [0.29, 0.717) is 13.0 Å². The fraction of sp³-hybridized carbons (Fsp3) is 0.278. The summed E-state index contributed by atoms with van der Waals surface area (Å²) in [4.78, 5) is 12.3. The normalized spacial score (nSPS) is 19.9. The number of hydrogen-bond acceptors (Lipinski definition) is 4. The topological polar surface area (TPSA) is 62.4 Å². The predicted octanol–water partition coefficient (Wildman–Crippen LogP) is 2.06. The quantitative estimate of drug-likeness (QED) is 0.786. The molecule has 1 aliphatic heterocycles.